The number of amides is 1. The van der Waals surface area contributed by atoms with Crippen LogP contribution < -0.4 is 10.6 Å². The van der Waals surface area contributed by atoms with Crippen LogP contribution in [0, 0.1) is 6.92 Å². The van der Waals surface area contributed by atoms with Crippen LogP contribution in [-0.4, -0.2) is 61.4 Å². The van der Waals surface area contributed by atoms with Gasteiger partial charge in [0.05, 0.1) is 13.1 Å². The van der Waals surface area contributed by atoms with Crippen LogP contribution in [0.15, 0.2) is 59.6 Å². The van der Waals surface area contributed by atoms with E-state index >= 15 is 0 Å². The number of piperidine rings is 1. The number of benzene rings is 2. The molecule has 1 saturated heterocycles. The van der Waals surface area contributed by atoms with E-state index < -0.39 is 0 Å². The molecule has 2 aromatic carbocycles. The molecule has 0 aliphatic carbocycles. The third-order valence-corrected chi connectivity index (χ3v) is 5.62. The largest absolute Gasteiger partial charge is 0.354 e. The average Bonchev–Trinajstić information content (AvgIpc) is 2.78. The molecule has 0 atom stereocenters. The molecule has 0 bridgehead atoms. The number of guanidine groups is 1. The fraction of sp³-hybridized carbons (Fsp3) is 0.440. The highest BCUT2D eigenvalue weighted by Gasteiger charge is 2.20. The van der Waals surface area contributed by atoms with Gasteiger partial charge in [-0.1, -0.05) is 60.2 Å². The van der Waals surface area contributed by atoms with Crippen molar-refractivity contribution in [3.63, 3.8) is 0 Å². The Morgan fingerprint density at radius 3 is 2.35 bits per heavy atom. The lowest BCUT2D eigenvalue weighted by atomic mass is 10.0. The number of aryl methyl sites for hydroxylation is 1. The topological polar surface area (TPSA) is 60.0 Å². The zero-order valence-electron chi connectivity index (χ0n) is 19.0. The Bertz CT molecular complexity index is 840. The van der Waals surface area contributed by atoms with Crippen molar-refractivity contribution in [3.05, 3.63) is 71.3 Å². The molecule has 0 spiro atoms. The van der Waals surface area contributed by atoms with E-state index in [1.165, 1.54) is 11.1 Å². The fourth-order valence-corrected chi connectivity index (χ4v) is 3.60. The van der Waals surface area contributed by atoms with E-state index in [9.17, 15) is 4.79 Å². The molecule has 0 radical (unpaired) electrons. The van der Waals surface area contributed by atoms with Crippen molar-refractivity contribution in [2.75, 3.05) is 33.7 Å². The van der Waals surface area contributed by atoms with Gasteiger partial charge in [0.1, 0.15) is 0 Å². The van der Waals surface area contributed by atoms with E-state index in [2.05, 4.69) is 77.1 Å². The lowest BCUT2D eigenvalue weighted by Crippen LogP contribution is -2.50. The smallest absolute Gasteiger partial charge is 0.241 e. The first-order chi connectivity index (χ1) is 15.0. The number of nitrogens with zero attached hydrogens (tertiary/aromatic N) is 3. The first-order valence-corrected chi connectivity index (χ1v) is 11.1. The summed E-state index contributed by atoms with van der Waals surface area (Å²) in [7, 11) is 3.53. The van der Waals surface area contributed by atoms with Crippen molar-refractivity contribution < 1.29 is 4.79 Å². The highest BCUT2D eigenvalue weighted by atomic mass is 16.2. The summed E-state index contributed by atoms with van der Waals surface area (Å²) in [6, 6.07) is 19.4. The molecule has 6 nitrogen and oxygen atoms in total. The maximum Gasteiger partial charge on any atom is 0.241 e. The van der Waals surface area contributed by atoms with E-state index in [-0.39, 0.29) is 12.5 Å². The Morgan fingerprint density at radius 1 is 1.03 bits per heavy atom. The van der Waals surface area contributed by atoms with E-state index in [1.807, 2.05) is 0 Å². The second-order valence-corrected chi connectivity index (χ2v) is 8.47. The normalized spacial score (nSPS) is 15.5. The molecule has 1 aliphatic heterocycles. The molecule has 0 saturated carbocycles. The second kappa shape index (κ2) is 11.5. The van der Waals surface area contributed by atoms with Crippen molar-refractivity contribution in [3.8, 4) is 0 Å². The molecule has 3 rings (SSSR count). The quantitative estimate of drug-likeness (QED) is 0.533. The van der Waals surface area contributed by atoms with E-state index in [0.29, 0.717) is 18.5 Å². The minimum atomic E-state index is 0.0301. The molecule has 31 heavy (non-hydrogen) atoms. The van der Waals surface area contributed by atoms with Crippen molar-refractivity contribution in [1.29, 1.82) is 0 Å². The average molecular weight is 422 g/mol. The van der Waals surface area contributed by atoms with Gasteiger partial charge < -0.3 is 15.5 Å². The van der Waals surface area contributed by atoms with Gasteiger partial charge >= 0.3 is 0 Å². The number of carbonyl (C=O) groups is 1. The molecule has 1 amide bonds. The Balaban J connectivity index is 1.55. The van der Waals surface area contributed by atoms with E-state index in [0.717, 1.165) is 38.0 Å². The van der Waals surface area contributed by atoms with Gasteiger partial charge in [0, 0.05) is 39.8 Å². The van der Waals surface area contributed by atoms with Crippen LogP contribution in [0.25, 0.3) is 0 Å². The van der Waals surface area contributed by atoms with Gasteiger partial charge in [-0.05, 0) is 30.9 Å². The molecule has 1 heterocycles. The number of hydrogen-bond acceptors (Lipinski definition) is 3. The summed E-state index contributed by atoms with van der Waals surface area (Å²) in [5.74, 6) is 0.736. The lowest BCUT2D eigenvalue weighted by Gasteiger charge is -2.33. The van der Waals surface area contributed by atoms with Gasteiger partial charge in [0.25, 0.3) is 0 Å². The maximum atomic E-state index is 12.0. The molecular weight excluding hydrogens is 386 g/mol. The van der Waals surface area contributed by atoms with Crippen molar-refractivity contribution in [1.82, 2.24) is 20.4 Å². The number of likely N-dealkylation sites (N-methyl/N-ethyl adjacent to an activating group) is 1. The first kappa shape index (κ1) is 22.8. The Kier molecular flexibility index (Phi) is 8.47. The van der Waals surface area contributed by atoms with Gasteiger partial charge in [-0.2, -0.15) is 0 Å². The number of aliphatic imine (C=N–C) groups is 1. The van der Waals surface area contributed by atoms with E-state index in [4.69, 9.17) is 4.99 Å². The molecule has 0 aromatic heterocycles. The Hall–Kier alpha value is -2.86. The van der Waals surface area contributed by atoms with Gasteiger partial charge in [-0.25, -0.2) is 4.99 Å². The summed E-state index contributed by atoms with van der Waals surface area (Å²) in [4.78, 5) is 20.9. The summed E-state index contributed by atoms with van der Waals surface area (Å²) >= 11 is 0. The molecule has 6 heteroatoms. The number of rotatable bonds is 7. The predicted molar refractivity (Wildman–Crippen MR) is 127 cm³/mol. The number of carbonyl (C=O) groups excluding carboxylic acids is 1. The molecule has 166 valence electrons. The van der Waals surface area contributed by atoms with E-state index in [1.54, 1.807) is 19.0 Å². The number of nitrogens with one attached hydrogen (secondary N) is 2. The zero-order chi connectivity index (χ0) is 22.1. The summed E-state index contributed by atoms with van der Waals surface area (Å²) in [6.45, 7) is 6.00. The van der Waals surface area contributed by atoms with Crippen LogP contribution in [0.4, 0.5) is 0 Å². The van der Waals surface area contributed by atoms with Gasteiger partial charge in [0.2, 0.25) is 5.91 Å². The predicted octanol–water partition coefficient (Wildman–Crippen LogP) is 2.78. The first-order valence-electron chi connectivity index (χ1n) is 11.1. The highest BCUT2D eigenvalue weighted by Crippen LogP contribution is 2.14. The van der Waals surface area contributed by atoms with Crippen LogP contribution in [0.3, 0.4) is 0 Å². The highest BCUT2D eigenvalue weighted by molar-refractivity contribution is 5.86. The standard InChI is InChI=1S/C25H35N5O/c1-20-9-11-21(12-10-20)17-26-25(27-18-24(31)29(2)3)28-23-13-15-30(16-14-23)19-22-7-5-4-6-8-22/h4-12,23H,13-19H2,1-3H3,(H2,26,27,28). The third kappa shape index (κ3) is 7.72. The summed E-state index contributed by atoms with van der Waals surface area (Å²) in [5, 5.41) is 6.77. The maximum absolute atomic E-state index is 12.0. The monoisotopic (exact) mass is 421 g/mol. The summed E-state index contributed by atoms with van der Waals surface area (Å²) in [5.41, 5.74) is 3.75. The molecule has 2 aromatic rings. The molecular formula is C25H35N5O. The minimum absolute atomic E-state index is 0.0301. The van der Waals surface area contributed by atoms with Crippen molar-refractivity contribution >= 4 is 11.9 Å². The van der Waals surface area contributed by atoms with Crippen LogP contribution in [0.5, 0.6) is 0 Å². The Morgan fingerprint density at radius 2 is 1.71 bits per heavy atom. The summed E-state index contributed by atoms with van der Waals surface area (Å²) in [6.07, 6.45) is 2.11. The van der Waals surface area contributed by atoms with Gasteiger partial charge in [0.15, 0.2) is 5.96 Å². The van der Waals surface area contributed by atoms with Crippen LogP contribution in [0.1, 0.15) is 29.5 Å². The lowest BCUT2D eigenvalue weighted by molar-refractivity contribution is -0.127. The number of likely N-dealkylation sites (tertiary alicyclic amines) is 1. The van der Waals surface area contributed by atoms with Gasteiger partial charge in [-0.3, -0.25) is 9.69 Å². The van der Waals surface area contributed by atoms with Crippen LogP contribution >= 0.6 is 0 Å². The Labute approximate surface area is 186 Å². The van der Waals surface area contributed by atoms with Gasteiger partial charge in [-0.15, -0.1) is 0 Å². The van der Waals surface area contributed by atoms with Crippen molar-refractivity contribution in [2.45, 2.75) is 38.9 Å². The summed E-state index contributed by atoms with van der Waals surface area (Å²) < 4.78 is 0. The molecule has 2 N–H and O–H groups in total. The second-order valence-electron chi connectivity index (χ2n) is 8.47. The van der Waals surface area contributed by atoms with Crippen LogP contribution in [-0.2, 0) is 17.9 Å². The molecule has 1 aliphatic rings. The minimum Gasteiger partial charge on any atom is -0.354 e. The zero-order valence-corrected chi connectivity index (χ0v) is 19.0. The molecule has 1 fully saturated rings. The number of hydrogen-bond donors (Lipinski definition) is 2. The fourth-order valence-electron chi connectivity index (χ4n) is 3.60. The molecule has 0 unspecified atom stereocenters. The third-order valence-electron chi connectivity index (χ3n) is 5.62. The van der Waals surface area contributed by atoms with Crippen molar-refractivity contribution in [2.24, 2.45) is 4.99 Å². The SMILES string of the molecule is Cc1ccc(CN=C(NCC(=O)N(C)C)NC2CCN(Cc3ccccc3)CC2)cc1. The van der Waals surface area contributed by atoms with Crippen LogP contribution in [0.2, 0.25) is 0 Å².